The van der Waals surface area contributed by atoms with Crippen LogP contribution in [0.5, 0.6) is 0 Å². The van der Waals surface area contributed by atoms with Gasteiger partial charge in [0.05, 0.1) is 0 Å². The number of anilines is 2. The van der Waals surface area contributed by atoms with E-state index in [1.807, 2.05) is 0 Å². The summed E-state index contributed by atoms with van der Waals surface area (Å²) in [6.45, 7) is 28.9. The normalized spacial score (nSPS) is 13.9. The minimum Gasteiger partial charge on any atom is -0.372 e. The van der Waals surface area contributed by atoms with Crippen LogP contribution in [-0.2, 0) is 17.4 Å². The molecule has 0 amide bonds. The lowest BCUT2D eigenvalue weighted by atomic mass is 9.69. The number of aromatic nitrogens is 1. The Morgan fingerprint density at radius 3 is 0.867 bits per heavy atom. The molecule has 105 heavy (non-hydrogen) atoms. The summed E-state index contributed by atoms with van der Waals surface area (Å²) in [6.07, 6.45) is 53.2. The number of nitrogens with zero attached hydrogens (tertiary/aromatic N) is 3. The van der Waals surface area contributed by atoms with Gasteiger partial charge in [0, 0.05) is 76.7 Å². The molecule has 554 valence electrons. The van der Waals surface area contributed by atoms with Gasteiger partial charge in [-0.3, -0.25) is 0 Å². The van der Waals surface area contributed by atoms with Crippen LogP contribution >= 0.6 is 0 Å². The predicted octanol–water partition coefficient (Wildman–Crippen LogP) is 30.4. The van der Waals surface area contributed by atoms with Crippen LogP contribution in [0.4, 0.5) is 11.4 Å². The van der Waals surface area contributed by atoms with E-state index < -0.39 is 0 Å². The monoisotopic (exact) mass is 1400 g/mol. The molecule has 1 aromatic heterocycles. The molecule has 0 spiro atoms. The zero-order valence-electron chi connectivity index (χ0n) is 66.9. The van der Waals surface area contributed by atoms with Gasteiger partial charge in [-0.25, -0.2) is 0 Å². The first-order valence-electron chi connectivity index (χ1n) is 42.6. The molecule has 0 fully saturated rings. The highest BCUT2D eigenvalue weighted by molar-refractivity contribution is 6.12. The summed E-state index contributed by atoms with van der Waals surface area (Å²) in [5.41, 5.74) is 27.6. The van der Waals surface area contributed by atoms with Crippen LogP contribution in [0.15, 0.2) is 158 Å². The summed E-state index contributed by atoms with van der Waals surface area (Å²) in [5, 5.41) is 2.96. The van der Waals surface area contributed by atoms with Crippen LogP contribution in [0.3, 0.4) is 0 Å². The summed E-state index contributed by atoms with van der Waals surface area (Å²) in [4.78, 5) is 5.02. The van der Waals surface area contributed by atoms with E-state index in [-0.39, 0.29) is 10.8 Å². The van der Waals surface area contributed by atoms with Gasteiger partial charge in [-0.1, -0.05) is 349 Å². The molecular weight excluding hydrogens is 1270 g/mol. The third-order valence-corrected chi connectivity index (χ3v) is 23.9. The Bertz CT molecular complexity index is 3990. The summed E-state index contributed by atoms with van der Waals surface area (Å²) in [6, 6.07) is 62.9. The molecular formula is C102H131N3. The number of unbranched alkanes of at least 4 members (excludes halogenated alkanes) is 13. The fourth-order valence-corrected chi connectivity index (χ4v) is 18.0. The number of rotatable bonds is 44. The second kappa shape index (κ2) is 39.1. The lowest BCUT2D eigenvalue weighted by Crippen LogP contribution is -2.26. The standard InChI is InChI=1S/C102H131N3/c1-11-21-26-30-63-101(64-31-27-22-12-2)95-71-85(49-47-81-39-35-79(36-40-81)43-45-83-51-57-87(58-52-83)103(67-16-6)68-17-7)55-61-89(95)91-75-99-93(73-97(91)101)94-74-98-92(76-100(94)105(99)77-78(20-10)34-25-15-5)90-62-56-86(72-96(90)102(98,65-32-28-23-13-3)66-33-29-24-14-4)50-48-82-41-37-80(38-42-82)44-46-84-53-59-88(60-54-84)104(69-18-8)70-19-9/h35-62,71-76,78H,11-34,63-70,77H2,1-10H3/b45-43+,46-44+,49-47+,50-48+. The van der Waals surface area contributed by atoms with Crippen molar-refractivity contribution in [1.29, 1.82) is 0 Å². The van der Waals surface area contributed by atoms with Gasteiger partial charge < -0.3 is 14.4 Å². The van der Waals surface area contributed by atoms with E-state index in [4.69, 9.17) is 0 Å². The van der Waals surface area contributed by atoms with Crippen molar-refractivity contribution in [1.82, 2.24) is 4.57 Å². The maximum atomic E-state index is 2.86. The molecule has 3 heteroatoms. The van der Waals surface area contributed by atoms with Gasteiger partial charge >= 0.3 is 0 Å². The van der Waals surface area contributed by atoms with Crippen LogP contribution < -0.4 is 9.80 Å². The third kappa shape index (κ3) is 18.9. The molecule has 0 N–H and O–H groups in total. The van der Waals surface area contributed by atoms with Crippen LogP contribution in [0.2, 0.25) is 0 Å². The van der Waals surface area contributed by atoms with Crippen molar-refractivity contribution in [2.24, 2.45) is 5.92 Å². The zero-order valence-corrected chi connectivity index (χ0v) is 66.9. The van der Waals surface area contributed by atoms with Crippen LogP contribution in [-0.4, -0.2) is 30.7 Å². The number of hydrogen-bond donors (Lipinski definition) is 0. The molecule has 0 saturated heterocycles. The van der Waals surface area contributed by atoms with Crippen molar-refractivity contribution < 1.29 is 0 Å². The smallest absolute Gasteiger partial charge is 0.0497 e. The number of fused-ring (bicyclic) bond motifs is 9. The second-order valence-corrected chi connectivity index (χ2v) is 31.7. The molecule has 0 radical (unpaired) electrons. The third-order valence-electron chi connectivity index (χ3n) is 23.9. The fraction of sp³-hybridized carbons (Fsp3) is 0.451. The van der Waals surface area contributed by atoms with Crippen molar-refractivity contribution >= 4 is 81.8 Å². The molecule has 1 unspecified atom stereocenters. The maximum absolute atomic E-state index is 2.86. The summed E-state index contributed by atoms with van der Waals surface area (Å²) < 4.78 is 2.86. The number of benzene rings is 8. The van der Waals surface area contributed by atoms with E-state index in [1.54, 1.807) is 22.3 Å². The average molecular weight is 1400 g/mol. The molecule has 8 aromatic carbocycles. The molecule has 9 aromatic rings. The Labute approximate surface area is 637 Å². The van der Waals surface area contributed by atoms with Gasteiger partial charge in [-0.05, 0) is 201 Å². The van der Waals surface area contributed by atoms with Gasteiger partial charge in [-0.15, -0.1) is 0 Å². The zero-order chi connectivity index (χ0) is 73.4. The van der Waals surface area contributed by atoms with Crippen molar-refractivity contribution in [3.8, 4) is 22.3 Å². The predicted molar refractivity (Wildman–Crippen MR) is 467 cm³/mol. The van der Waals surface area contributed by atoms with Crippen molar-refractivity contribution in [3.63, 3.8) is 0 Å². The van der Waals surface area contributed by atoms with Crippen LogP contribution in [0, 0.1) is 5.92 Å². The molecule has 2 aliphatic rings. The highest BCUT2D eigenvalue weighted by Gasteiger charge is 2.45. The molecule has 3 nitrogen and oxygen atoms in total. The lowest BCUT2D eigenvalue weighted by molar-refractivity contribution is 0.399. The molecule has 0 saturated carbocycles. The van der Waals surface area contributed by atoms with Crippen LogP contribution in [0.25, 0.3) is 92.7 Å². The summed E-state index contributed by atoms with van der Waals surface area (Å²) in [5.74, 6) is 0.604. The minimum atomic E-state index is -0.0687. The average Bonchev–Trinajstić information content (AvgIpc) is 1.53. The first-order valence-corrected chi connectivity index (χ1v) is 42.6. The van der Waals surface area contributed by atoms with E-state index >= 15 is 0 Å². The van der Waals surface area contributed by atoms with Crippen LogP contribution in [0.1, 0.15) is 316 Å². The lowest BCUT2D eigenvalue weighted by Gasteiger charge is -2.33. The first kappa shape index (κ1) is 78.2. The summed E-state index contributed by atoms with van der Waals surface area (Å²) >= 11 is 0. The fourth-order valence-electron chi connectivity index (χ4n) is 18.0. The van der Waals surface area contributed by atoms with E-state index in [0.29, 0.717) is 5.92 Å². The van der Waals surface area contributed by atoms with E-state index in [0.717, 1.165) is 58.4 Å². The van der Waals surface area contributed by atoms with E-state index in [9.17, 15) is 0 Å². The Balaban J connectivity index is 0.981. The molecule has 1 atom stereocenters. The molecule has 0 aliphatic heterocycles. The van der Waals surface area contributed by atoms with Gasteiger partial charge in [0.1, 0.15) is 0 Å². The summed E-state index contributed by atoms with van der Waals surface area (Å²) in [7, 11) is 0. The minimum absolute atomic E-state index is 0.0687. The molecule has 1 heterocycles. The topological polar surface area (TPSA) is 11.4 Å². The maximum Gasteiger partial charge on any atom is 0.0497 e. The van der Waals surface area contributed by atoms with Crippen molar-refractivity contribution in [2.75, 3.05) is 36.0 Å². The van der Waals surface area contributed by atoms with E-state index in [1.165, 1.54) is 254 Å². The Morgan fingerprint density at radius 2 is 0.571 bits per heavy atom. The second-order valence-electron chi connectivity index (χ2n) is 31.7. The molecule has 11 rings (SSSR count). The van der Waals surface area contributed by atoms with E-state index in [2.05, 4.69) is 290 Å². The van der Waals surface area contributed by atoms with Gasteiger partial charge in [0.25, 0.3) is 0 Å². The first-order chi connectivity index (χ1) is 51.6. The van der Waals surface area contributed by atoms with Gasteiger partial charge in [0.15, 0.2) is 0 Å². The Kier molecular flexibility index (Phi) is 29.1. The highest BCUT2D eigenvalue weighted by Crippen LogP contribution is 2.59. The quantitative estimate of drug-likeness (QED) is 0.0279. The highest BCUT2D eigenvalue weighted by atomic mass is 15.1. The SMILES string of the molecule is CCCCCCC1(CCCCCC)c2cc(/C=C/c3ccc(/C=C/c4ccc(N(CCC)CCC)cc4)cc3)ccc2-c2cc3c(cc21)c1cc2c(cc1n3CC(CC)CCCC)-c1ccc(/C=C/c3ccc(/C=C/c4ccc(N(CCC)CCC)cc4)cc3)cc1C2(CCCCCC)CCCCCC. The van der Waals surface area contributed by atoms with Crippen molar-refractivity contribution in [2.45, 2.75) is 266 Å². The Hall–Kier alpha value is -7.88. The molecule has 0 bridgehead atoms. The largest absolute Gasteiger partial charge is 0.372 e. The van der Waals surface area contributed by atoms with Crippen molar-refractivity contribution in [3.05, 3.63) is 224 Å². The Morgan fingerprint density at radius 1 is 0.286 bits per heavy atom. The van der Waals surface area contributed by atoms with Gasteiger partial charge in [-0.2, -0.15) is 0 Å². The number of hydrogen-bond acceptors (Lipinski definition) is 2. The van der Waals surface area contributed by atoms with Gasteiger partial charge in [0.2, 0.25) is 0 Å². The molecule has 2 aliphatic carbocycles.